The molecular weight excluding hydrogens is 407 g/mol. The van der Waals surface area contributed by atoms with Crippen molar-refractivity contribution < 1.29 is 27.7 Å². The molecule has 0 bridgehead atoms. The topological polar surface area (TPSA) is 96.3 Å². The van der Waals surface area contributed by atoms with E-state index in [0.29, 0.717) is 11.1 Å². The summed E-state index contributed by atoms with van der Waals surface area (Å²) in [5, 5.41) is 0. The third-order valence-electron chi connectivity index (χ3n) is 4.05. The molecule has 8 nitrogen and oxygen atoms in total. The van der Waals surface area contributed by atoms with Gasteiger partial charge in [0.2, 0.25) is 0 Å². The Bertz CT molecular complexity index is 920. The highest BCUT2D eigenvalue weighted by molar-refractivity contribution is 7.48. The van der Waals surface area contributed by atoms with Gasteiger partial charge in [-0.3, -0.25) is 18.6 Å². The van der Waals surface area contributed by atoms with Crippen LogP contribution in [0.5, 0.6) is 0 Å². The van der Waals surface area contributed by atoms with E-state index in [1.54, 1.807) is 70.3 Å². The van der Waals surface area contributed by atoms with Crippen molar-refractivity contribution in [1.82, 2.24) is 4.98 Å². The number of ether oxygens (including phenoxy) is 1. The highest BCUT2D eigenvalue weighted by Crippen LogP contribution is 2.54. The number of rotatable bonds is 7. The molecule has 0 radical (unpaired) electrons. The molecular formula is C21H27N2O6P. The minimum atomic E-state index is -3.99. The van der Waals surface area contributed by atoms with Gasteiger partial charge in [-0.05, 0) is 39.3 Å². The Morgan fingerprint density at radius 3 is 2.13 bits per heavy atom. The van der Waals surface area contributed by atoms with Gasteiger partial charge in [0.1, 0.15) is 11.2 Å². The summed E-state index contributed by atoms with van der Waals surface area (Å²) in [4.78, 5) is 20.9. The first kappa shape index (κ1) is 23.9. The van der Waals surface area contributed by atoms with Crippen molar-refractivity contribution >= 4 is 19.6 Å². The predicted molar refractivity (Wildman–Crippen MR) is 114 cm³/mol. The van der Waals surface area contributed by atoms with Crippen molar-refractivity contribution in [3.05, 3.63) is 66.0 Å². The van der Waals surface area contributed by atoms with Crippen LogP contribution >= 0.6 is 7.82 Å². The Balaban J connectivity index is 2.72. The molecule has 0 aliphatic carbocycles. The Kier molecular flexibility index (Phi) is 7.66. The van der Waals surface area contributed by atoms with E-state index in [0.717, 1.165) is 0 Å². The number of aromatic nitrogens is 1. The second-order valence-corrected chi connectivity index (χ2v) is 9.29. The van der Waals surface area contributed by atoms with Gasteiger partial charge < -0.3 is 4.74 Å². The lowest BCUT2D eigenvalue weighted by molar-refractivity contribution is 0.0581. The second-order valence-electron chi connectivity index (χ2n) is 7.49. The van der Waals surface area contributed by atoms with Crippen LogP contribution in [0.3, 0.4) is 0 Å². The van der Waals surface area contributed by atoms with Gasteiger partial charge in [0.05, 0.1) is 5.71 Å². The number of pyridine rings is 1. The standard InChI is InChI=1S/C21H27N2O6P/c1-20(2,3)28-19(24)23-18(16-11-8-7-9-12-16)21(4,17-13-10-14-22-15-17)29-30(25,26-5)27-6/h7-15H,1-6H3/b23-18+. The molecule has 1 atom stereocenters. The number of aliphatic imine (C=N–C) groups is 1. The van der Waals surface area contributed by atoms with Crippen molar-refractivity contribution in [1.29, 1.82) is 0 Å². The molecule has 162 valence electrons. The number of hydrogen-bond donors (Lipinski definition) is 0. The van der Waals surface area contributed by atoms with Crippen LogP contribution in [0.25, 0.3) is 0 Å². The third-order valence-corrected chi connectivity index (χ3v) is 5.53. The van der Waals surface area contributed by atoms with Crippen LogP contribution in [0.1, 0.15) is 38.8 Å². The number of carbonyl (C=O) groups is 1. The Labute approximate surface area is 176 Å². The minimum Gasteiger partial charge on any atom is -0.442 e. The number of phosphoric ester groups is 1. The van der Waals surface area contributed by atoms with Gasteiger partial charge in [-0.15, -0.1) is 0 Å². The fourth-order valence-electron chi connectivity index (χ4n) is 2.67. The summed E-state index contributed by atoms with van der Waals surface area (Å²) in [7, 11) is -1.57. The minimum absolute atomic E-state index is 0.166. The quantitative estimate of drug-likeness (QED) is 0.440. The van der Waals surface area contributed by atoms with E-state index in [-0.39, 0.29) is 5.71 Å². The first-order valence-corrected chi connectivity index (χ1v) is 10.7. The SMILES string of the molecule is COP(=O)(OC)OC(C)(/C(=N/C(=O)OC(C)(C)C)c1ccccc1)c1cccnc1. The Hall–Kier alpha value is -2.38. The molecule has 2 aromatic rings. The smallest absolute Gasteiger partial charge is 0.442 e. The Morgan fingerprint density at radius 2 is 1.63 bits per heavy atom. The van der Waals surface area contributed by atoms with Gasteiger partial charge in [-0.1, -0.05) is 36.4 Å². The molecule has 1 amide bonds. The zero-order valence-corrected chi connectivity index (χ0v) is 18.9. The van der Waals surface area contributed by atoms with Gasteiger partial charge in [0.25, 0.3) is 0 Å². The molecule has 1 aromatic carbocycles. The van der Waals surface area contributed by atoms with Crippen molar-refractivity contribution in [2.45, 2.75) is 38.9 Å². The van der Waals surface area contributed by atoms with Crippen molar-refractivity contribution in [3.8, 4) is 0 Å². The van der Waals surface area contributed by atoms with E-state index >= 15 is 0 Å². The monoisotopic (exact) mass is 434 g/mol. The van der Waals surface area contributed by atoms with Crippen LogP contribution in [0, 0.1) is 0 Å². The number of carbonyl (C=O) groups excluding carboxylic acids is 1. The molecule has 0 spiro atoms. The number of hydrogen-bond acceptors (Lipinski definition) is 7. The lowest BCUT2D eigenvalue weighted by atomic mass is 9.88. The van der Waals surface area contributed by atoms with Crippen molar-refractivity contribution in [3.63, 3.8) is 0 Å². The first-order valence-electron chi connectivity index (χ1n) is 9.23. The fourth-order valence-corrected chi connectivity index (χ4v) is 3.61. The molecule has 0 aliphatic rings. The number of nitrogens with zero attached hydrogens (tertiary/aromatic N) is 2. The van der Waals surface area contributed by atoms with E-state index in [1.807, 2.05) is 6.07 Å². The highest BCUT2D eigenvalue weighted by atomic mass is 31.2. The number of benzene rings is 1. The molecule has 9 heteroatoms. The zero-order valence-electron chi connectivity index (χ0n) is 18.0. The summed E-state index contributed by atoms with van der Waals surface area (Å²) < 4.78 is 34.2. The molecule has 1 heterocycles. The van der Waals surface area contributed by atoms with Gasteiger partial charge in [0, 0.05) is 32.2 Å². The second kappa shape index (κ2) is 9.62. The summed E-state index contributed by atoms with van der Waals surface area (Å²) in [5.41, 5.74) is -1.05. The van der Waals surface area contributed by atoms with Gasteiger partial charge >= 0.3 is 13.9 Å². The number of amides is 1. The van der Waals surface area contributed by atoms with Crippen LogP contribution in [-0.4, -0.2) is 36.6 Å². The van der Waals surface area contributed by atoms with E-state index in [2.05, 4.69) is 9.98 Å². The maximum atomic E-state index is 12.9. The van der Waals surface area contributed by atoms with E-state index in [1.165, 1.54) is 20.4 Å². The van der Waals surface area contributed by atoms with Crippen molar-refractivity contribution in [2.75, 3.05) is 14.2 Å². The maximum absolute atomic E-state index is 12.9. The van der Waals surface area contributed by atoms with Gasteiger partial charge in [-0.2, -0.15) is 4.99 Å². The zero-order chi connectivity index (χ0) is 22.4. The van der Waals surface area contributed by atoms with Crippen LogP contribution in [0.2, 0.25) is 0 Å². The van der Waals surface area contributed by atoms with Crippen molar-refractivity contribution in [2.24, 2.45) is 4.99 Å². The maximum Gasteiger partial charge on any atom is 0.475 e. The summed E-state index contributed by atoms with van der Waals surface area (Å²) >= 11 is 0. The normalized spacial score (nSPS) is 14.8. The molecule has 0 aliphatic heterocycles. The molecule has 1 aromatic heterocycles. The Morgan fingerprint density at radius 1 is 1.00 bits per heavy atom. The van der Waals surface area contributed by atoms with E-state index < -0.39 is 25.1 Å². The predicted octanol–water partition coefficient (Wildman–Crippen LogP) is 5.14. The highest BCUT2D eigenvalue weighted by Gasteiger charge is 2.44. The van der Waals surface area contributed by atoms with Crippen LogP contribution in [0.4, 0.5) is 4.79 Å². The summed E-state index contributed by atoms with van der Waals surface area (Å²) in [6.45, 7) is 6.83. The molecule has 0 fully saturated rings. The fraction of sp³-hybridized carbons (Fsp3) is 0.381. The lowest BCUT2D eigenvalue weighted by Crippen LogP contribution is -2.37. The lowest BCUT2D eigenvalue weighted by Gasteiger charge is -2.33. The van der Waals surface area contributed by atoms with Crippen LogP contribution in [0.15, 0.2) is 59.9 Å². The molecule has 0 saturated carbocycles. The van der Waals surface area contributed by atoms with Crippen LogP contribution < -0.4 is 0 Å². The molecule has 0 saturated heterocycles. The average molecular weight is 434 g/mol. The van der Waals surface area contributed by atoms with Crippen LogP contribution in [-0.2, 0) is 28.5 Å². The van der Waals surface area contributed by atoms with E-state index in [9.17, 15) is 9.36 Å². The summed E-state index contributed by atoms with van der Waals surface area (Å²) in [5.74, 6) is 0. The molecule has 0 N–H and O–H groups in total. The molecule has 2 rings (SSSR count). The average Bonchev–Trinajstić information content (AvgIpc) is 2.72. The van der Waals surface area contributed by atoms with Gasteiger partial charge in [-0.25, -0.2) is 9.36 Å². The van der Waals surface area contributed by atoms with Gasteiger partial charge in [0.15, 0.2) is 0 Å². The summed E-state index contributed by atoms with van der Waals surface area (Å²) in [6, 6.07) is 12.3. The molecule has 1 unspecified atom stereocenters. The first-order chi connectivity index (χ1) is 14.0. The summed E-state index contributed by atoms with van der Waals surface area (Å²) in [6.07, 6.45) is 2.30. The molecule has 30 heavy (non-hydrogen) atoms. The largest absolute Gasteiger partial charge is 0.475 e. The third kappa shape index (κ3) is 6.06. The number of phosphoric acid groups is 1. The van der Waals surface area contributed by atoms with E-state index in [4.69, 9.17) is 18.3 Å².